The molecule has 0 bridgehead atoms. The number of nitrogens with one attached hydrogen (secondary N) is 1. The maximum Gasteiger partial charge on any atom is 0.252 e. The van der Waals surface area contributed by atoms with Gasteiger partial charge in [-0.25, -0.2) is 9.67 Å². The number of aryl methyl sites for hydroxylation is 2. The van der Waals surface area contributed by atoms with Gasteiger partial charge in [-0.3, -0.25) is 4.79 Å². The van der Waals surface area contributed by atoms with E-state index in [2.05, 4.69) is 15.4 Å². The summed E-state index contributed by atoms with van der Waals surface area (Å²) >= 11 is 0. The summed E-state index contributed by atoms with van der Waals surface area (Å²) in [6, 6.07) is 5.57. The minimum atomic E-state index is -0.243. The van der Waals surface area contributed by atoms with Crippen LogP contribution in [0.5, 0.6) is 0 Å². The van der Waals surface area contributed by atoms with Crippen molar-refractivity contribution in [1.29, 1.82) is 0 Å². The Morgan fingerprint density at radius 2 is 2.26 bits per heavy atom. The number of carbonyl (C=O) groups is 1. The predicted octanol–water partition coefficient (Wildman–Crippen LogP) is 2.18. The van der Waals surface area contributed by atoms with Crippen LogP contribution in [0.2, 0.25) is 0 Å². The highest BCUT2D eigenvalue weighted by Gasteiger charge is 2.30. The van der Waals surface area contributed by atoms with Crippen LogP contribution in [-0.2, 0) is 4.74 Å². The first kappa shape index (κ1) is 15.7. The molecule has 1 amide bonds. The molecule has 1 aliphatic heterocycles. The molecule has 0 aromatic carbocycles. The van der Waals surface area contributed by atoms with Gasteiger partial charge in [0, 0.05) is 25.0 Å². The summed E-state index contributed by atoms with van der Waals surface area (Å²) in [4.78, 5) is 16.6. The largest absolute Gasteiger partial charge is 0.373 e. The van der Waals surface area contributed by atoms with Crippen molar-refractivity contribution in [1.82, 2.24) is 20.1 Å². The Balaban J connectivity index is 1.67. The van der Waals surface area contributed by atoms with Gasteiger partial charge in [0.2, 0.25) is 0 Å². The number of aromatic nitrogens is 3. The third kappa shape index (κ3) is 3.42. The molecule has 1 N–H and O–H groups in total. The van der Waals surface area contributed by atoms with Gasteiger partial charge in [0.15, 0.2) is 5.82 Å². The molecule has 6 heteroatoms. The fourth-order valence-corrected chi connectivity index (χ4v) is 2.85. The van der Waals surface area contributed by atoms with Crippen LogP contribution in [0.3, 0.4) is 0 Å². The number of amides is 1. The molecular weight excluding hydrogens is 292 g/mol. The Morgan fingerprint density at radius 3 is 2.83 bits per heavy atom. The summed E-state index contributed by atoms with van der Waals surface area (Å²) in [6.45, 7) is 7.24. The van der Waals surface area contributed by atoms with Crippen molar-refractivity contribution in [2.75, 3.05) is 13.2 Å². The van der Waals surface area contributed by atoms with Gasteiger partial charge in [0.05, 0.1) is 16.9 Å². The third-order valence-corrected chi connectivity index (χ3v) is 4.16. The number of carbonyl (C=O) groups excluding carboxylic acids is 1. The molecule has 122 valence electrons. The summed E-state index contributed by atoms with van der Waals surface area (Å²) in [7, 11) is 0. The van der Waals surface area contributed by atoms with Crippen LogP contribution in [0.1, 0.15) is 41.5 Å². The minimum absolute atomic E-state index is 0.130. The van der Waals surface area contributed by atoms with Crippen LogP contribution < -0.4 is 5.32 Å². The molecule has 2 aromatic rings. The monoisotopic (exact) mass is 314 g/mol. The summed E-state index contributed by atoms with van der Waals surface area (Å²) in [5, 5.41) is 7.32. The van der Waals surface area contributed by atoms with Crippen molar-refractivity contribution in [2.45, 2.75) is 39.2 Å². The number of nitrogens with zero attached hydrogens (tertiary/aromatic N) is 3. The summed E-state index contributed by atoms with van der Waals surface area (Å²) in [5.74, 6) is 0.576. The molecular formula is C17H22N4O2. The fraction of sp³-hybridized carbons (Fsp3) is 0.471. The topological polar surface area (TPSA) is 69.0 Å². The Kier molecular flexibility index (Phi) is 4.17. The van der Waals surface area contributed by atoms with E-state index >= 15 is 0 Å². The van der Waals surface area contributed by atoms with Crippen LogP contribution in [0.4, 0.5) is 0 Å². The van der Waals surface area contributed by atoms with Gasteiger partial charge in [-0.2, -0.15) is 5.10 Å². The van der Waals surface area contributed by atoms with Crippen molar-refractivity contribution in [3.8, 4) is 5.82 Å². The predicted molar refractivity (Wildman–Crippen MR) is 86.8 cm³/mol. The second-order valence-electron chi connectivity index (χ2n) is 6.33. The molecule has 1 fully saturated rings. The average molecular weight is 314 g/mol. The Hall–Kier alpha value is -2.21. The van der Waals surface area contributed by atoms with E-state index in [0.717, 1.165) is 30.8 Å². The van der Waals surface area contributed by atoms with E-state index in [9.17, 15) is 4.79 Å². The first-order valence-corrected chi connectivity index (χ1v) is 7.89. The Bertz CT molecular complexity index is 700. The van der Waals surface area contributed by atoms with Gasteiger partial charge in [0.25, 0.3) is 5.91 Å². The molecule has 0 spiro atoms. The van der Waals surface area contributed by atoms with Gasteiger partial charge in [0.1, 0.15) is 0 Å². The molecule has 0 aliphatic carbocycles. The van der Waals surface area contributed by atoms with Gasteiger partial charge in [-0.1, -0.05) is 0 Å². The maximum atomic E-state index is 12.2. The molecule has 1 aliphatic rings. The third-order valence-electron chi connectivity index (χ3n) is 4.16. The smallest absolute Gasteiger partial charge is 0.252 e. The van der Waals surface area contributed by atoms with Crippen LogP contribution in [0, 0.1) is 13.8 Å². The molecule has 3 rings (SSSR count). The van der Waals surface area contributed by atoms with E-state index in [1.807, 2.05) is 32.9 Å². The second-order valence-corrected chi connectivity index (χ2v) is 6.33. The first-order valence-electron chi connectivity index (χ1n) is 7.89. The quantitative estimate of drug-likeness (QED) is 0.939. The van der Waals surface area contributed by atoms with E-state index in [4.69, 9.17) is 4.74 Å². The SMILES string of the molecule is Cc1cc(C)n(-c2ccc(C(=O)NCC3(C)CCCO3)cn2)n1. The van der Waals surface area contributed by atoms with Crippen molar-refractivity contribution >= 4 is 5.91 Å². The molecule has 1 unspecified atom stereocenters. The number of rotatable bonds is 4. The first-order chi connectivity index (χ1) is 11.0. The molecule has 0 radical (unpaired) electrons. The zero-order chi connectivity index (χ0) is 16.4. The van der Waals surface area contributed by atoms with Crippen molar-refractivity contribution < 1.29 is 9.53 Å². The summed E-state index contributed by atoms with van der Waals surface area (Å²) < 4.78 is 7.45. The lowest BCUT2D eigenvalue weighted by Crippen LogP contribution is -2.40. The average Bonchev–Trinajstić information content (AvgIpc) is 3.11. The summed E-state index contributed by atoms with van der Waals surface area (Å²) in [5.41, 5.74) is 2.25. The number of hydrogen-bond donors (Lipinski definition) is 1. The molecule has 0 saturated carbocycles. The highest BCUT2D eigenvalue weighted by molar-refractivity contribution is 5.93. The van der Waals surface area contributed by atoms with Gasteiger partial charge < -0.3 is 10.1 Å². The number of hydrogen-bond acceptors (Lipinski definition) is 4. The van der Waals surface area contributed by atoms with E-state index < -0.39 is 0 Å². The summed E-state index contributed by atoms with van der Waals surface area (Å²) in [6.07, 6.45) is 3.60. The number of pyridine rings is 1. The van der Waals surface area contributed by atoms with Gasteiger partial charge >= 0.3 is 0 Å². The molecule has 3 heterocycles. The Labute approximate surface area is 135 Å². The van der Waals surface area contributed by atoms with Crippen LogP contribution in [0.15, 0.2) is 24.4 Å². The van der Waals surface area contributed by atoms with Crippen LogP contribution in [0.25, 0.3) is 5.82 Å². The van der Waals surface area contributed by atoms with E-state index in [1.54, 1.807) is 16.9 Å². The lowest BCUT2D eigenvalue weighted by Gasteiger charge is -2.23. The lowest BCUT2D eigenvalue weighted by atomic mass is 10.0. The van der Waals surface area contributed by atoms with Gasteiger partial charge in [-0.15, -0.1) is 0 Å². The van der Waals surface area contributed by atoms with Crippen LogP contribution in [-0.4, -0.2) is 39.4 Å². The molecule has 2 aromatic heterocycles. The number of ether oxygens (including phenoxy) is 1. The van der Waals surface area contributed by atoms with E-state index in [1.165, 1.54) is 0 Å². The molecule has 1 atom stereocenters. The fourth-order valence-electron chi connectivity index (χ4n) is 2.85. The molecule has 23 heavy (non-hydrogen) atoms. The van der Waals surface area contributed by atoms with E-state index in [0.29, 0.717) is 17.9 Å². The second kappa shape index (κ2) is 6.12. The van der Waals surface area contributed by atoms with Gasteiger partial charge in [-0.05, 0) is 51.8 Å². The lowest BCUT2D eigenvalue weighted by molar-refractivity contribution is 0.0206. The minimum Gasteiger partial charge on any atom is -0.373 e. The zero-order valence-corrected chi connectivity index (χ0v) is 13.8. The normalized spacial score (nSPS) is 20.7. The highest BCUT2D eigenvalue weighted by Crippen LogP contribution is 2.24. The van der Waals surface area contributed by atoms with Crippen LogP contribution >= 0.6 is 0 Å². The van der Waals surface area contributed by atoms with Crippen molar-refractivity contribution in [3.63, 3.8) is 0 Å². The molecule has 6 nitrogen and oxygen atoms in total. The van der Waals surface area contributed by atoms with Crippen molar-refractivity contribution in [2.24, 2.45) is 0 Å². The zero-order valence-electron chi connectivity index (χ0n) is 13.8. The molecule has 1 saturated heterocycles. The maximum absolute atomic E-state index is 12.2. The van der Waals surface area contributed by atoms with Crippen molar-refractivity contribution in [3.05, 3.63) is 41.3 Å². The van der Waals surface area contributed by atoms with E-state index in [-0.39, 0.29) is 11.5 Å². The highest BCUT2D eigenvalue weighted by atomic mass is 16.5. The Morgan fingerprint density at radius 1 is 1.43 bits per heavy atom. The standard InChI is InChI=1S/C17H22N4O2/c1-12-9-13(2)21(20-12)15-6-5-14(10-18-15)16(22)19-11-17(3)7-4-8-23-17/h5-6,9-10H,4,7-8,11H2,1-3H3,(H,19,22).